The molecule has 0 radical (unpaired) electrons. The lowest BCUT2D eigenvalue weighted by molar-refractivity contribution is 0.102. The van der Waals surface area contributed by atoms with E-state index in [2.05, 4.69) is 10.3 Å². The average molecular weight is 311 g/mol. The Morgan fingerprint density at radius 2 is 1.95 bits per heavy atom. The maximum atomic E-state index is 12.1. The molecule has 1 aromatic carbocycles. The van der Waals surface area contributed by atoms with E-state index in [-0.39, 0.29) is 22.7 Å². The molecule has 1 N–H and O–H groups in total. The Bertz CT molecular complexity index is 691. The number of nitrogens with one attached hydrogen (secondary N) is 1. The van der Waals surface area contributed by atoms with Gasteiger partial charge in [0.15, 0.2) is 11.5 Å². The molecule has 0 atom stereocenters. The summed E-state index contributed by atoms with van der Waals surface area (Å²) in [7, 11) is 0. The zero-order chi connectivity index (χ0) is 14.1. The molecule has 2 heterocycles. The van der Waals surface area contributed by atoms with E-state index in [1.54, 1.807) is 18.2 Å². The molecule has 0 bridgehead atoms. The van der Waals surface area contributed by atoms with Gasteiger partial charge in [0.2, 0.25) is 6.79 Å². The van der Waals surface area contributed by atoms with Gasteiger partial charge in [0.1, 0.15) is 10.8 Å². The average Bonchev–Trinajstić information content (AvgIpc) is 2.89. The lowest BCUT2D eigenvalue weighted by Gasteiger charge is -2.07. The molecule has 0 fully saturated rings. The molecule has 0 unspecified atom stereocenters. The van der Waals surface area contributed by atoms with Crippen molar-refractivity contribution in [1.29, 1.82) is 0 Å². The lowest BCUT2D eigenvalue weighted by Crippen LogP contribution is -2.14. The predicted molar refractivity (Wildman–Crippen MR) is 74.8 cm³/mol. The number of carbonyl (C=O) groups is 1. The van der Waals surface area contributed by atoms with Crippen LogP contribution in [0.5, 0.6) is 11.5 Å². The van der Waals surface area contributed by atoms with Crippen molar-refractivity contribution in [3.05, 3.63) is 46.2 Å². The van der Waals surface area contributed by atoms with Crippen molar-refractivity contribution < 1.29 is 14.3 Å². The third-order valence-corrected chi connectivity index (χ3v) is 3.17. The number of fused-ring (bicyclic) bond motifs is 1. The predicted octanol–water partition coefficient (Wildman–Crippen LogP) is 3.37. The van der Waals surface area contributed by atoms with Gasteiger partial charge in [-0.1, -0.05) is 23.2 Å². The Kier molecular flexibility index (Phi) is 3.38. The molecule has 1 aromatic heterocycles. The van der Waals surface area contributed by atoms with E-state index in [1.807, 2.05) is 0 Å². The van der Waals surface area contributed by atoms with E-state index in [0.717, 1.165) is 0 Å². The van der Waals surface area contributed by atoms with Gasteiger partial charge in [-0.25, -0.2) is 4.98 Å². The zero-order valence-electron chi connectivity index (χ0n) is 10.0. The standard InChI is InChI=1S/C13H8Cl2N2O3/c14-8-2-4-11(15)17-12(8)13(18)16-7-1-3-9-10(5-7)20-6-19-9/h1-5H,6H2,(H,16,18). The lowest BCUT2D eigenvalue weighted by atomic mass is 10.2. The maximum Gasteiger partial charge on any atom is 0.275 e. The van der Waals surface area contributed by atoms with Gasteiger partial charge in [0, 0.05) is 11.8 Å². The van der Waals surface area contributed by atoms with Crippen LogP contribution in [-0.4, -0.2) is 17.7 Å². The van der Waals surface area contributed by atoms with Gasteiger partial charge in [0.05, 0.1) is 5.02 Å². The van der Waals surface area contributed by atoms with Crippen LogP contribution in [0, 0.1) is 0 Å². The van der Waals surface area contributed by atoms with Crippen LogP contribution in [0.1, 0.15) is 10.5 Å². The number of halogens is 2. The molecular weight excluding hydrogens is 303 g/mol. The first-order valence-corrected chi connectivity index (χ1v) is 6.42. The molecule has 1 amide bonds. The smallest absolute Gasteiger partial charge is 0.275 e. The maximum absolute atomic E-state index is 12.1. The molecule has 102 valence electrons. The molecule has 7 heteroatoms. The van der Waals surface area contributed by atoms with Crippen molar-refractivity contribution in [1.82, 2.24) is 4.98 Å². The zero-order valence-corrected chi connectivity index (χ0v) is 11.5. The first-order valence-electron chi connectivity index (χ1n) is 5.66. The molecule has 3 rings (SSSR count). The van der Waals surface area contributed by atoms with Gasteiger partial charge in [-0.15, -0.1) is 0 Å². The number of pyridine rings is 1. The van der Waals surface area contributed by atoms with Crippen LogP contribution < -0.4 is 14.8 Å². The second kappa shape index (κ2) is 5.19. The molecule has 0 spiro atoms. The number of amides is 1. The highest BCUT2D eigenvalue weighted by atomic mass is 35.5. The first kappa shape index (κ1) is 13.0. The summed E-state index contributed by atoms with van der Waals surface area (Å²) in [5, 5.41) is 3.10. The van der Waals surface area contributed by atoms with Crippen molar-refractivity contribution in [3.8, 4) is 11.5 Å². The SMILES string of the molecule is O=C(Nc1ccc2c(c1)OCO2)c1nc(Cl)ccc1Cl. The third kappa shape index (κ3) is 2.50. The van der Waals surface area contributed by atoms with Crippen molar-refractivity contribution in [2.24, 2.45) is 0 Å². The number of hydrogen-bond donors (Lipinski definition) is 1. The van der Waals surface area contributed by atoms with E-state index < -0.39 is 5.91 Å². The highest BCUT2D eigenvalue weighted by Gasteiger charge is 2.16. The molecular formula is C13H8Cl2N2O3. The number of aromatic nitrogens is 1. The molecule has 0 saturated heterocycles. The van der Waals surface area contributed by atoms with E-state index >= 15 is 0 Å². The minimum Gasteiger partial charge on any atom is -0.454 e. The van der Waals surface area contributed by atoms with Gasteiger partial charge in [-0.05, 0) is 24.3 Å². The minimum atomic E-state index is -0.448. The molecule has 0 saturated carbocycles. The van der Waals surface area contributed by atoms with Crippen molar-refractivity contribution >= 4 is 34.8 Å². The highest BCUT2D eigenvalue weighted by molar-refractivity contribution is 6.35. The molecule has 1 aliphatic rings. The molecule has 1 aliphatic heterocycles. The Labute approximate surface area is 124 Å². The topological polar surface area (TPSA) is 60.5 Å². The van der Waals surface area contributed by atoms with Crippen molar-refractivity contribution in [2.45, 2.75) is 0 Å². The van der Waals surface area contributed by atoms with Gasteiger partial charge < -0.3 is 14.8 Å². The monoisotopic (exact) mass is 310 g/mol. The Hall–Kier alpha value is -1.98. The van der Waals surface area contributed by atoms with E-state index in [9.17, 15) is 4.79 Å². The summed E-state index contributed by atoms with van der Waals surface area (Å²) in [6.07, 6.45) is 0. The number of rotatable bonds is 2. The summed E-state index contributed by atoms with van der Waals surface area (Å²) in [4.78, 5) is 16.0. The van der Waals surface area contributed by atoms with Crippen LogP contribution in [0.4, 0.5) is 5.69 Å². The normalized spacial score (nSPS) is 12.3. The number of benzene rings is 1. The Balaban J connectivity index is 1.84. The number of anilines is 1. The van der Waals surface area contributed by atoms with Crippen molar-refractivity contribution in [3.63, 3.8) is 0 Å². The second-order valence-corrected chi connectivity index (χ2v) is 4.78. The van der Waals surface area contributed by atoms with E-state index in [4.69, 9.17) is 32.7 Å². The summed E-state index contributed by atoms with van der Waals surface area (Å²) in [5.41, 5.74) is 0.619. The van der Waals surface area contributed by atoms with Gasteiger partial charge >= 0.3 is 0 Å². The van der Waals surface area contributed by atoms with Crippen LogP contribution in [0.25, 0.3) is 0 Å². The quantitative estimate of drug-likeness (QED) is 0.864. The second-order valence-electron chi connectivity index (χ2n) is 3.99. The summed E-state index contributed by atoms with van der Waals surface area (Å²) in [5.74, 6) is 0.770. The number of ether oxygens (including phenoxy) is 2. The summed E-state index contributed by atoms with van der Waals surface area (Å²) in [6, 6.07) is 8.11. The number of nitrogens with zero attached hydrogens (tertiary/aromatic N) is 1. The van der Waals surface area contributed by atoms with E-state index in [1.165, 1.54) is 12.1 Å². The molecule has 5 nitrogen and oxygen atoms in total. The Morgan fingerprint density at radius 1 is 1.15 bits per heavy atom. The fraction of sp³-hybridized carbons (Fsp3) is 0.0769. The third-order valence-electron chi connectivity index (χ3n) is 2.66. The van der Waals surface area contributed by atoms with Crippen LogP contribution in [-0.2, 0) is 0 Å². The largest absolute Gasteiger partial charge is 0.454 e. The van der Waals surface area contributed by atoms with Crippen LogP contribution in [0.2, 0.25) is 10.2 Å². The van der Waals surface area contributed by atoms with Gasteiger partial charge in [-0.2, -0.15) is 0 Å². The fourth-order valence-electron chi connectivity index (χ4n) is 1.74. The Morgan fingerprint density at radius 3 is 2.80 bits per heavy atom. The van der Waals surface area contributed by atoms with Gasteiger partial charge in [-0.3, -0.25) is 4.79 Å². The van der Waals surface area contributed by atoms with Crippen molar-refractivity contribution in [2.75, 3.05) is 12.1 Å². The number of carbonyl (C=O) groups excluding carboxylic acids is 1. The van der Waals surface area contributed by atoms with E-state index in [0.29, 0.717) is 17.2 Å². The summed E-state index contributed by atoms with van der Waals surface area (Å²) in [6.45, 7) is 0.175. The number of hydrogen-bond acceptors (Lipinski definition) is 4. The highest BCUT2D eigenvalue weighted by Crippen LogP contribution is 2.34. The van der Waals surface area contributed by atoms with Crippen LogP contribution >= 0.6 is 23.2 Å². The van der Waals surface area contributed by atoms with Crippen LogP contribution in [0.15, 0.2) is 30.3 Å². The molecule has 20 heavy (non-hydrogen) atoms. The molecule has 0 aliphatic carbocycles. The van der Waals surface area contributed by atoms with Crippen LogP contribution in [0.3, 0.4) is 0 Å². The molecule has 2 aromatic rings. The minimum absolute atomic E-state index is 0.0665. The first-order chi connectivity index (χ1) is 9.63. The van der Waals surface area contributed by atoms with Gasteiger partial charge in [0.25, 0.3) is 5.91 Å². The summed E-state index contributed by atoms with van der Waals surface area (Å²) < 4.78 is 10.4. The summed E-state index contributed by atoms with van der Waals surface area (Å²) >= 11 is 11.7. The fourth-order valence-corrected chi connectivity index (χ4v) is 2.08.